The molecule has 0 bridgehead atoms. The number of likely N-dealkylation sites (tertiary alicyclic amines) is 1. The molecule has 2 aromatic carbocycles. The number of rotatable bonds is 20. The molecule has 3 N–H and O–H groups in total. The van der Waals surface area contributed by atoms with Gasteiger partial charge < -0.3 is 20.4 Å². The van der Waals surface area contributed by atoms with E-state index in [4.69, 9.17) is 0 Å². The number of piperidine rings is 1. The number of nitrogens with one attached hydrogen (secondary N) is 1. The number of amides is 2. The summed E-state index contributed by atoms with van der Waals surface area (Å²) in [6.07, 6.45) is 3.29. The second kappa shape index (κ2) is 20.8. The molecule has 2 amide bonds. The molecule has 1 aromatic heterocycles. The Bertz CT molecular complexity index is 1700. The average Bonchev–Trinajstić information content (AvgIpc) is 3.67. The lowest BCUT2D eigenvalue weighted by atomic mass is 9.82. The summed E-state index contributed by atoms with van der Waals surface area (Å²) in [5.74, 6) is -3.24. The number of hydrogen-bond acceptors (Lipinski definition) is 8. The van der Waals surface area contributed by atoms with Crippen LogP contribution in [-0.2, 0) is 27.3 Å². The molecular formula is C43H59FN4O6S. The third kappa shape index (κ3) is 12.5. The summed E-state index contributed by atoms with van der Waals surface area (Å²) >= 11 is 1.14. The number of hydrogen-bond donors (Lipinski definition) is 3. The Morgan fingerprint density at radius 1 is 1.00 bits per heavy atom. The summed E-state index contributed by atoms with van der Waals surface area (Å²) in [7, 11) is 1.99. The summed E-state index contributed by atoms with van der Waals surface area (Å²) in [4.78, 5) is 62.2. The third-order valence-electron chi connectivity index (χ3n) is 11.2. The summed E-state index contributed by atoms with van der Waals surface area (Å²) < 4.78 is 13.5. The van der Waals surface area contributed by atoms with E-state index in [1.807, 2.05) is 70.0 Å². The number of nitrogens with zero attached hydrogens (tertiary/aromatic N) is 3. The van der Waals surface area contributed by atoms with Crippen LogP contribution in [-0.4, -0.2) is 80.3 Å². The Hall–Kier alpha value is -4.00. The van der Waals surface area contributed by atoms with Crippen molar-refractivity contribution in [3.8, 4) is 0 Å². The minimum atomic E-state index is -1.09. The van der Waals surface area contributed by atoms with Gasteiger partial charge in [0.1, 0.15) is 22.6 Å². The molecule has 0 aliphatic carbocycles. The number of likely N-dealkylation sites (N-methyl/N-ethyl adjacent to an activating group) is 1. The van der Waals surface area contributed by atoms with E-state index in [0.717, 1.165) is 54.7 Å². The molecule has 3 aromatic rings. The number of benzene rings is 2. The second-order valence-electron chi connectivity index (χ2n) is 15.7. The number of aliphatic hydroxyl groups is 1. The number of carboxylic acid groups (broad SMARTS) is 1. The molecule has 12 heteroatoms. The van der Waals surface area contributed by atoms with Crippen LogP contribution in [0.15, 0.2) is 60.0 Å². The molecule has 1 fully saturated rings. The van der Waals surface area contributed by atoms with Gasteiger partial charge >= 0.3 is 5.97 Å². The highest BCUT2D eigenvalue weighted by atomic mass is 32.1. The lowest BCUT2D eigenvalue weighted by molar-refractivity contribution is -0.145. The molecule has 7 atom stereocenters. The van der Waals surface area contributed by atoms with Crippen LogP contribution in [0.1, 0.15) is 112 Å². The number of carboxylic acids is 1. The SMILES string of the molecule is CCC(C)C(CC(=O)C1CCCCN1C)C(=O)N(Cc1ccccc1)[C@H](C[C@@H](O)c1nc(C(=O)N[C@@H](Cc2ccc(F)cc2)C[C@H](C)C(=O)O)cs1)C(C)C. The maximum atomic E-state index is 14.8. The van der Waals surface area contributed by atoms with Crippen molar-refractivity contribution in [3.05, 3.63) is 87.6 Å². The number of aliphatic carboxylic acids is 1. The van der Waals surface area contributed by atoms with Crippen molar-refractivity contribution in [1.29, 1.82) is 0 Å². The van der Waals surface area contributed by atoms with E-state index in [9.17, 15) is 33.8 Å². The molecule has 10 nitrogen and oxygen atoms in total. The first-order valence-corrected chi connectivity index (χ1v) is 20.5. The first-order valence-electron chi connectivity index (χ1n) is 19.7. The number of aromatic nitrogens is 1. The minimum absolute atomic E-state index is 0.0354. The molecule has 1 aliphatic heterocycles. The number of carbonyl (C=O) groups excluding carboxylic acids is 3. The molecular weight excluding hydrogens is 720 g/mol. The van der Waals surface area contributed by atoms with E-state index in [2.05, 4.69) is 15.2 Å². The largest absolute Gasteiger partial charge is 0.481 e. The zero-order valence-electron chi connectivity index (χ0n) is 33.1. The van der Waals surface area contributed by atoms with E-state index in [0.29, 0.717) is 18.0 Å². The summed E-state index contributed by atoms with van der Waals surface area (Å²) in [6.45, 7) is 10.9. The van der Waals surface area contributed by atoms with Crippen molar-refractivity contribution in [2.75, 3.05) is 13.6 Å². The standard InChI is InChI=1S/C43H59FN4O6S/c1-7-28(4)34(23-38(49)36-15-11-12-20-47(36)6)42(52)48(25-31-13-9-8-10-14-31)37(27(2)3)24-39(50)41-46-35(26-55-41)40(51)45-33(21-29(5)43(53)54)22-30-16-18-32(44)19-17-30/h8-10,13-14,16-19,26-29,33-34,36-37,39,50H,7,11-12,15,20-25H2,1-6H3,(H,45,51)(H,53,54)/t28?,29-,33+,34?,36?,37+,39+/m0/s1. The maximum Gasteiger partial charge on any atom is 0.306 e. The number of thiazole rings is 1. The molecule has 300 valence electrons. The fourth-order valence-electron chi connectivity index (χ4n) is 7.52. The summed E-state index contributed by atoms with van der Waals surface area (Å²) in [6, 6.07) is 14.4. The van der Waals surface area contributed by atoms with Crippen LogP contribution in [0.2, 0.25) is 0 Å². The molecule has 0 radical (unpaired) electrons. The molecule has 0 spiro atoms. The molecule has 2 heterocycles. The molecule has 1 saturated heterocycles. The predicted octanol–water partition coefficient (Wildman–Crippen LogP) is 7.32. The van der Waals surface area contributed by atoms with Gasteiger partial charge in [-0.3, -0.25) is 24.1 Å². The van der Waals surface area contributed by atoms with Crippen molar-refractivity contribution in [1.82, 2.24) is 20.1 Å². The van der Waals surface area contributed by atoms with Gasteiger partial charge in [-0.2, -0.15) is 0 Å². The van der Waals surface area contributed by atoms with Gasteiger partial charge in [-0.05, 0) is 74.4 Å². The van der Waals surface area contributed by atoms with Crippen molar-refractivity contribution >= 4 is 34.9 Å². The fraction of sp³-hybridized carbons (Fsp3) is 0.558. The highest BCUT2D eigenvalue weighted by Gasteiger charge is 2.38. The quantitative estimate of drug-likeness (QED) is 0.109. The number of halogens is 1. The maximum absolute atomic E-state index is 14.8. The zero-order chi connectivity index (χ0) is 40.2. The lowest BCUT2D eigenvalue weighted by Crippen LogP contribution is -2.49. The van der Waals surface area contributed by atoms with Crippen LogP contribution in [0, 0.1) is 29.5 Å². The van der Waals surface area contributed by atoms with Crippen LogP contribution in [0.3, 0.4) is 0 Å². The van der Waals surface area contributed by atoms with E-state index >= 15 is 0 Å². The number of aliphatic hydroxyl groups excluding tert-OH is 1. The summed E-state index contributed by atoms with van der Waals surface area (Å²) in [5.41, 5.74) is 1.78. The second-order valence-corrected chi connectivity index (χ2v) is 16.6. The van der Waals surface area contributed by atoms with E-state index in [1.165, 1.54) is 12.1 Å². The molecule has 4 rings (SSSR count). The fourth-order valence-corrected chi connectivity index (χ4v) is 8.32. The average molecular weight is 779 g/mol. The van der Waals surface area contributed by atoms with Gasteiger partial charge in [-0.15, -0.1) is 11.3 Å². The highest BCUT2D eigenvalue weighted by molar-refractivity contribution is 7.09. The Morgan fingerprint density at radius 3 is 2.31 bits per heavy atom. The Balaban J connectivity index is 1.56. The van der Waals surface area contributed by atoms with Gasteiger partial charge in [0.25, 0.3) is 5.91 Å². The Kier molecular flexibility index (Phi) is 16.5. The molecule has 55 heavy (non-hydrogen) atoms. The van der Waals surface area contributed by atoms with Gasteiger partial charge in [0, 0.05) is 42.8 Å². The number of carbonyl (C=O) groups is 4. The van der Waals surface area contributed by atoms with Crippen molar-refractivity contribution in [2.45, 2.75) is 117 Å². The Morgan fingerprint density at radius 2 is 1.69 bits per heavy atom. The van der Waals surface area contributed by atoms with Gasteiger partial charge in [0.2, 0.25) is 5.91 Å². The van der Waals surface area contributed by atoms with Crippen LogP contribution < -0.4 is 5.32 Å². The van der Waals surface area contributed by atoms with E-state index < -0.39 is 47.7 Å². The smallest absolute Gasteiger partial charge is 0.306 e. The van der Waals surface area contributed by atoms with Gasteiger partial charge in [0.15, 0.2) is 5.78 Å². The van der Waals surface area contributed by atoms with Crippen LogP contribution in [0.5, 0.6) is 0 Å². The monoisotopic (exact) mass is 778 g/mol. The predicted molar refractivity (Wildman–Crippen MR) is 213 cm³/mol. The number of Topliss-reactive ketones (excluding diaryl/α,β-unsaturated/α-hetero) is 1. The first-order chi connectivity index (χ1) is 26.2. The van der Waals surface area contributed by atoms with Gasteiger partial charge in [-0.1, -0.05) is 89.9 Å². The lowest BCUT2D eigenvalue weighted by Gasteiger charge is -2.39. The topological polar surface area (TPSA) is 140 Å². The van der Waals surface area contributed by atoms with Gasteiger partial charge in [-0.25, -0.2) is 9.37 Å². The van der Waals surface area contributed by atoms with Crippen LogP contribution in [0.4, 0.5) is 4.39 Å². The van der Waals surface area contributed by atoms with Crippen molar-refractivity contribution in [2.24, 2.45) is 23.7 Å². The minimum Gasteiger partial charge on any atom is -0.481 e. The van der Waals surface area contributed by atoms with E-state index in [1.54, 1.807) is 24.4 Å². The van der Waals surface area contributed by atoms with Crippen molar-refractivity contribution < 1.29 is 33.8 Å². The van der Waals surface area contributed by atoms with Crippen LogP contribution >= 0.6 is 11.3 Å². The zero-order valence-corrected chi connectivity index (χ0v) is 33.9. The molecule has 0 saturated carbocycles. The highest BCUT2D eigenvalue weighted by Crippen LogP contribution is 2.33. The third-order valence-corrected chi connectivity index (χ3v) is 12.1. The Labute approximate surface area is 329 Å². The normalized spacial score (nSPS) is 18.2. The van der Waals surface area contributed by atoms with Crippen LogP contribution in [0.25, 0.3) is 0 Å². The van der Waals surface area contributed by atoms with Gasteiger partial charge in [0.05, 0.1) is 12.0 Å². The summed E-state index contributed by atoms with van der Waals surface area (Å²) in [5, 5.41) is 26.0. The van der Waals surface area contributed by atoms with Crippen molar-refractivity contribution in [3.63, 3.8) is 0 Å². The first kappa shape index (κ1) is 43.7. The molecule has 3 unspecified atom stereocenters. The number of ketones is 1. The van der Waals surface area contributed by atoms with E-state index in [-0.39, 0.29) is 54.5 Å². The molecule has 1 aliphatic rings.